The van der Waals surface area contributed by atoms with Crippen molar-refractivity contribution in [1.82, 2.24) is 19.2 Å². The Hall–Kier alpha value is -3.26. The van der Waals surface area contributed by atoms with Gasteiger partial charge in [0.1, 0.15) is 5.82 Å². The van der Waals surface area contributed by atoms with Crippen LogP contribution in [0, 0.1) is 19.7 Å². The van der Waals surface area contributed by atoms with Crippen molar-refractivity contribution >= 4 is 23.2 Å². The fraction of sp³-hybridized carbons (Fsp3) is 0.182. The molecular formula is C22H19FN4O2S. The molecule has 2 heterocycles. The summed E-state index contributed by atoms with van der Waals surface area (Å²) in [6.45, 7) is 5.78. The van der Waals surface area contributed by atoms with Crippen molar-refractivity contribution in [2.75, 3.05) is 0 Å². The van der Waals surface area contributed by atoms with Crippen LogP contribution < -0.4 is 5.56 Å². The van der Waals surface area contributed by atoms with Crippen molar-refractivity contribution in [1.29, 1.82) is 0 Å². The number of halogens is 1. The van der Waals surface area contributed by atoms with Crippen LogP contribution >= 0.6 is 11.8 Å². The molecule has 4 aromatic rings. The Labute approximate surface area is 176 Å². The Kier molecular flexibility index (Phi) is 5.26. The second-order valence-corrected chi connectivity index (χ2v) is 8.36. The van der Waals surface area contributed by atoms with Crippen molar-refractivity contribution in [2.24, 2.45) is 0 Å². The first-order valence-corrected chi connectivity index (χ1v) is 10.2. The fourth-order valence-electron chi connectivity index (χ4n) is 3.12. The quantitative estimate of drug-likeness (QED) is 0.359. The average molecular weight is 422 g/mol. The number of benzene rings is 2. The number of Topliss-reactive ketones (excluding diaryl/α,β-unsaturated/α-hetero) is 1. The summed E-state index contributed by atoms with van der Waals surface area (Å²) >= 11 is 1.24. The molecule has 0 aliphatic rings. The van der Waals surface area contributed by atoms with Crippen LogP contribution in [0.3, 0.4) is 0 Å². The molecule has 152 valence electrons. The minimum absolute atomic E-state index is 0.0204. The molecule has 2 aromatic heterocycles. The van der Waals surface area contributed by atoms with Gasteiger partial charge in [-0.25, -0.2) is 4.39 Å². The van der Waals surface area contributed by atoms with E-state index in [2.05, 4.69) is 10.2 Å². The summed E-state index contributed by atoms with van der Waals surface area (Å²) in [5.74, 6) is -0.455. The van der Waals surface area contributed by atoms with Gasteiger partial charge in [0.15, 0.2) is 10.9 Å². The van der Waals surface area contributed by atoms with Crippen molar-refractivity contribution in [3.63, 3.8) is 0 Å². The van der Waals surface area contributed by atoms with Crippen molar-refractivity contribution < 1.29 is 9.18 Å². The van der Waals surface area contributed by atoms with E-state index in [1.165, 1.54) is 40.7 Å². The largest absolute Gasteiger partial charge is 0.300 e. The highest BCUT2D eigenvalue weighted by Gasteiger charge is 2.21. The van der Waals surface area contributed by atoms with Crippen LogP contribution in [0.1, 0.15) is 28.4 Å². The molecule has 0 N–H and O–H groups in total. The van der Waals surface area contributed by atoms with Gasteiger partial charge in [0, 0.05) is 18.0 Å². The van der Waals surface area contributed by atoms with E-state index < -0.39 is 16.6 Å². The van der Waals surface area contributed by atoms with Crippen LogP contribution in [-0.4, -0.2) is 30.2 Å². The first-order chi connectivity index (χ1) is 14.3. The van der Waals surface area contributed by atoms with Gasteiger partial charge in [-0.05, 0) is 56.2 Å². The standard InChI is InChI=1S/C22H19FN4O2S/c1-13-7-8-16(11-14(13)2)19(28)15(3)30-22-25-24-20-21(29)26(9-10-27(20)22)18-6-4-5-17(23)12-18/h4-12,15H,1-3H3/t15-/m0/s1. The monoisotopic (exact) mass is 422 g/mol. The Morgan fingerprint density at radius 3 is 2.60 bits per heavy atom. The van der Waals surface area contributed by atoms with E-state index in [4.69, 9.17) is 0 Å². The van der Waals surface area contributed by atoms with Gasteiger partial charge in [-0.3, -0.25) is 18.6 Å². The van der Waals surface area contributed by atoms with Crippen LogP contribution in [0.5, 0.6) is 0 Å². The maximum atomic E-state index is 13.5. The zero-order valence-electron chi connectivity index (χ0n) is 16.7. The lowest BCUT2D eigenvalue weighted by Crippen LogP contribution is -2.20. The van der Waals surface area contributed by atoms with Gasteiger partial charge in [0.2, 0.25) is 5.65 Å². The number of aryl methyl sites for hydroxylation is 2. The summed E-state index contributed by atoms with van der Waals surface area (Å²) in [5.41, 5.74) is 2.91. The lowest BCUT2D eigenvalue weighted by atomic mass is 10.0. The van der Waals surface area contributed by atoms with Gasteiger partial charge in [-0.1, -0.05) is 30.0 Å². The lowest BCUT2D eigenvalue weighted by molar-refractivity contribution is 0.0993. The van der Waals surface area contributed by atoms with E-state index in [0.29, 0.717) is 16.4 Å². The van der Waals surface area contributed by atoms with Crippen LogP contribution in [0.2, 0.25) is 0 Å². The molecule has 0 saturated heterocycles. The predicted molar refractivity (Wildman–Crippen MR) is 114 cm³/mol. The third-order valence-corrected chi connectivity index (χ3v) is 6.03. The van der Waals surface area contributed by atoms with Gasteiger partial charge >= 0.3 is 5.56 Å². The topological polar surface area (TPSA) is 69.3 Å². The molecule has 0 aliphatic heterocycles. The molecule has 0 spiro atoms. The minimum atomic E-state index is -0.435. The van der Waals surface area contributed by atoms with Crippen molar-refractivity contribution in [3.05, 3.63) is 87.7 Å². The van der Waals surface area contributed by atoms with Crippen molar-refractivity contribution in [3.8, 4) is 5.69 Å². The highest BCUT2D eigenvalue weighted by molar-refractivity contribution is 8.00. The molecule has 2 aromatic carbocycles. The molecule has 30 heavy (non-hydrogen) atoms. The molecule has 0 saturated carbocycles. The Morgan fingerprint density at radius 2 is 1.87 bits per heavy atom. The van der Waals surface area contributed by atoms with Crippen LogP contribution in [-0.2, 0) is 0 Å². The van der Waals surface area contributed by atoms with Crippen LogP contribution in [0.25, 0.3) is 11.3 Å². The lowest BCUT2D eigenvalue weighted by Gasteiger charge is -2.11. The zero-order valence-corrected chi connectivity index (χ0v) is 17.5. The summed E-state index contributed by atoms with van der Waals surface area (Å²) in [7, 11) is 0. The second kappa shape index (κ2) is 7.87. The van der Waals surface area contributed by atoms with Crippen LogP contribution in [0.15, 0.2) is 64.8 Å². The summed E-state index contributed by atoms with van der Waals surface area (Å²) in [6, 6.07) is 11.4. The Bertz CT molecular complexity index is 1330. The van der Waals surface area contributed by atoms with Gasteiger partial charge in [-0.2, -0.15) is 0 Å². The summed E-state index contributed by atoms with van der Waals surface area (Å²) in [4.78, 5) is 25.6. The third kappa shape index (κ3) is 3.66. The summed E-state index contributed by atoms with van der Waals surface area (Å²) in [5, 5.41) is 8.11. The molecule has 0 fully saturated rings. The zero-order chi connectivity index (χ0) is 21.4. The summed E-state index contributed by atoms with van der Waals surface area (Å²) in [6.07, 6.45) is 3.17. The number of rotatable bonds is 5. The summed E-state index contributed by atoms with van der Waals surface area (Å²) < 4.78 is 16.4. The maximum Gasteiger partial charge on any atom is 0.300 e. The number of ketones is 1. The Balaban J connectivity index is 1.64. The molecule has 0 aliphatic carbocycles. The number of thioether (sulfide) groups is 1. The van der Waals surface area contributed by atoms with Gasteiger partial charge in [-0.15, -0.1) is 10.2 Å². The molecule has 8 heteroatoms. The molecular weight excluding hydrogens is 403 g/mol. The normalized spacial score (nSPS) is 12.3. The Morgan fingerprint density at radius 1 is 1.07 bits per heavy atom. The molecule has 4 rings (SSSR count). The molecule has 0 amide bonds. The molecule has 0 unspecified atom stereocenters. The molecule has 0 bridgehead atoms. The van der Waals surface area contributed by atoms with E-state index in [0.717, 1.165) is 11.1 Å². The number of carbonyl (C=O) groups is 1. The highest BCUT2D eigenvalue weighted by atomic mass is 32.2. The molecule has 1 atom stereocenters. The van der Waals surface area contributed by atoms with E-state index >= 15 is 0 Å². The number of hydrogen-bond acceptors (Lipinski definition) is 5. The van der Waals surface area contributed by atoms with Gasteiger partial charge in [0.25, 0.3) is 0 Å². The number of nitrogens with zero attached hydrogens (tertiary/aromatic N) is 4. The highest BCUT2D eigenvalue weighted by Crippen LogP contribution is 2.25. The number of fused-ring (bicyclic) bond motifs is 1. The maximum absolute atomic E-state index is 13.5. The first kappa shape index (κ1) is 20.0. The number of aromatic nitrogens is 4. The van der Waals surface area contributed by atoms with E-state index in [-0.39, 0.29) is 11.4 Å². The van der Waals surface area contributed by atoms with Gasteiger partial charge < -0.3 is 0 Å². The smallest absolute Gasteiger partial charge is 0.293 e. The van der Waals surface area contributed by atoms with Gasteiger partial charge in [0.05, 0.1) is 10.9 Å². The molecule has 6 nitrogen and oxygen atoms in total. The SMILES string of the molecule is Cc1ccc(C(=O)[C@H](C)Sc2nnc3c(=O)n(-c4cccc(F)c4)ccn23)cc1C. The predicted octanol–water partition coefficient (Wildman–Crippen LogP) is 4.00. The third-order valence-electron chi connectivity index (χ3n) is 4.97. The first-order valence-electron chi connectivity index (χ1n) is 9.35. The van der Waals surface area contributed by atoms with E-state index in [1.807, 2.05) is 32.0 Å². The van der Waals surface area contributed by atoms with E-state index in [9.17, 15) is 14.0 Å². The second-order valence-electron chi connectivity index (χ2n) is 7.05. The minimum Gasteiger partial charge on any atom is -0.293 e. The van der Waals surface area contributed by atoms with Crippen molar-refractivity contribution in [2.45, 2.75) is 31.2 Å². The fourth-order valence-corrected chi connectivity index (χ4v) is 4.02. The molecule has 0 radical (unpaired) electrons. The number of carbonyl (C=O) groups excluding carboxylic acids is 1. The number of hydrogen-bond donors (Lipinski definition) is 0. The van der Waals surface area contributed by atoms with Crippen LogP contribution in [0.4, 0.5) is 4.39 Å². The average Bonchev–Trinajstić information content (AvgIpc) is 3.13. The van der Waals surface area contributed by atoms with E-state index in [1.54, 1.807) is 23.6 Å².